The van der Waals surface area contributed by atoms with Crippen LogP contribution in [0.1, 0.15) is 11.1 Å². The summed E-state index contributed by atoms with van der Waals surface area (Å²) in [5.41, 5.74) is 1.19. The van der Waals surface area contributed by atoms with Crippen molar-refractivity contribution in [1.82, 2.24) is 5.32 Å². The second-order valence-electron chi connectivity index (χ2n) is 8.02. The molecule has 3 aromatic rings. The molecule has 4 rings (SSSR count). The lowest BCUT2D eigenvalue weighted by Gasteiger charge is -2.27. The van der Waals surface area contributed by atoms with Crippen molar-refractivity contribution >= 4 is 87.6 Å². The van der Waals surface area contributed by atoms with Crippen LogP contribution in [0.3, 0.4) is 0 Å². The quantitative estimate of drug-likeness (QED) is 0.258. The molecule has 2 N–H and O–H groups in total. The Morgan fingerprint density at radius 2 is 1.66 bits per heavy atom. The summed E-state index contributed by atoms with van der Waals surface area (Å²) in [4.78, 5) is 51.3. The van der Waals surface area contributed by atoms with Gasteiger partial charge in [0.05, 0.1) is 26.4 Å². The van der Waals surface area contributed by atoms with Gasteiger partial charge in [-0.25, -0.2) is 9.69 Å². The Morgan fingerprint density at radius 1 is 0.974 bits per heavy atom. The minimum atomic E-state index is -0.905. The lowest BCUT2D eigenvalue weighted by molar-refractivity contribution is -0.122. The maximum Gasteiger partial charge on any atom is 0.335 e. The predicted molar refractivity (Wildman–Crippen MR) is 147 cm³/mol. The zero-order valence-corrected chi connectivity index (χ0v) is 22.5. The number of hydrogen-bond donors (Lipinski definition) is 2. The number of hydrogen-bond acceptors (Lipinski definition) is 5. The maximum absolute atomic E-state index is 13.2. The van der Waals surface area contributed by atoms with E-state index in [-0.39, 0.29) is 32.6 Å². The molecular formula is C26H17Cl4N3O5. The first-order valence-electron chi connectivity index (χ1n) is 10.9. The van der Waals surface area contributed by atoms with Crippen LogP contribution in [0.4, 0.5) is 16.2 Å². The average molecular weight is 593 g/mol. The molecule has 0 unspecified atom stereocenters. The van der Waals surface area contributed by atoms with E-state index in [2.05, 4.69) is 10.6 Å². The number of halogens is 4. The molecule has 1 aliphatic rings. The number of urea groups is 1. The molecule has 1 fully saturated rings. The van der Waals surface area contributed by atoms with Crippen LogP contribution in [0, 0.1) is 6.92 Å². The lowest BCUT2D eigenvalue weighted by atomic mass is 10.1. The summed E-state index contributed by atoms with van der Waals surface area (Å²) in [6, 6.07) is 13.3. The van der Waals surface area contributed by atoms with Gasteiger partial charge >= 0.3 is 6.03 Å². The number of amides is 5. The second-order valence-corrected chi connectivity index (χ2v) is 9.68. The van der Waals surface area contributed by atoms with Gasteiger partial charge in [0, 0.05) is 5.02 Å². The summed E-state index contributed by atoms with van der Waals surface area (Å²) >= 11 is 24.7. The highest BCUT2D eigenvalue weighted by atomic mass is 35.5. The monoisotopic (exact) mass is 591 g/mol. The fourth-order valence-corrected chi connectivity index (χ4v) is 4.52. The van der Waals surface area contributed by atoms with E-state index in [1.54, 1.807) is 43.3 Å². The molecule has 5 amide bonds. The highest BCUT2D eigenvalue weighted by Crippen LogP contribution is 2.35. The van der Waals surface area contributed by atoms with Gasteiger partial charge in [0.25, 0.3) is 17.7 Å². The molecule has 1 aliphatic heterocycles. The first-order valence-corrected chi connectivity index (χ1v) is 12.4. The molecule has 3 aromatic carbocycles. The second kappa shape index (κ2) is 11.4. The average Bonchev–Trinajstić information content (AvgIpc) is 2.84. The van der Waals surface area contributed by atoms with Crippen LogP contribution in [0.15, 0.2) is 60.2 Å². The fourth-order valence-electron chi connectivity index (χ4n) is 3.55. The summed E-state index contributed by atoms with van der Waals surface area (Å²) in [5, 5.41) is 5.47. The van der Waals surface area contributed by atoms with Gasteiger partial charge < -0.3 is 10.1 Å². The molecule has 0 atom stereocenters. The molecule has 1 heterocycles. The van der Waals surface area contributed by atoms with E-state index >= 15 is 0 Å². The minimum absolute atomic E-state index is 0.0237. The molecule has 1 saturated heterocycles. The van der Waals surface area contributed by atoms with Crippen molar-refractivity contribution in [3.63, 3.8) is 0 Å². The van der Waals surface area contributed by atoms with E-state index in [1.165, 1.54) is 24.3 Å². The van der Waals surface area contributed by atoms with Gasteiger partial charge in [-0.3, -0.25) is 19.7 Å². The summed E-state index contributed by atoms with van der Waals surface area (Å²) in [6.07, 6.45) is 1.24. The molecule has 12 heteroatoms. The lowest BCUT2D eigenvalue weighted by Crippen LogP contribution is -2.54. The van der Waals surface area contributed by atoms with Crippen molar-refractivity contribution in [2.24, 2.45) is 0 Å². The number of barbiturate groups is 1. The summed E-state index contributed by atoms with van der Waals surface area (Å²) in [5.74, 6) is -2.22. The van der Waals surface area contributed by atoms with E-state index in [1.807, 2.05) is 0 Å². The van der Waals surface area contributed by atoms with E-state index in [0.29, 0.717) is 21.3 Å². The maximum atomic E-state index is 13.2. The highest BCUT2D eigenvalue weighted by molar-refractivity contribution is 6.40. The number of ether oxygens (including phenoxy) is 1. The third kappa shape index (κ3) is 5.95. The Balaban J connectivity index is 1.55. The molecule has 0 aromatic heterocycles. The van der Waals surface area contributed by atoms with Gasteiger partial charge in [0.2, 0.25) is 0 Å². The van der Waals surface area contributed by atoms with Crippen LogP contribution in [-0.2, 0) is 14.4 Å². The zero-order valence-electron chi connectivity index (χ0n) is 19.5. The van der Waals surface area contributed by atoms with Crippen molar-refractivity contribution in [1.29, 1.82) is 0 Å². The SMILES string of the molecule is Cc1ccc(Cl)cc1N1C(=O)NC(=O)/C(=C\c2cc(Cl)c(OCC(=O)Nc3ccccc3Cl)c(Cl)c2)C1=O. The van der Waals surface area contributed by atoms with Crippen molar-refractivity contribution in [2.75, 3.05) is 16.8 Å². The van der Waals surface area contributed by atoms with Crippen LogP contribution >= 0.6 is 46.4 Å². The first kappa shape index (κ1) is 27.5. The molecule has 194 valence electrons. The largest absolute Gasteiger partial charge is 0.481 e. The predicted octanol–water partition coefficient (Wildman–Crippen LogP) is 6.29. The number of nitrogens with one attached hydrogen (secondary N) is 2. The number of carbonyl (C=O) groups is 4. The molecular weight excluding hydrogens is 576 g/mol. The van der Waals surface area contributed by atoms with Crippen molar-refractivity contribution in [2.45, 2.75) is 6.92 Å². The summed E-state index contributed by atoms with van der Waals surface area (Å²) in [6.45, 7) is 1.28. The van der Waals surface area contributed by atoms with E-state index in [9.17, 15) is 19.2 Å². The van der Waals surface area contributed by atoms with E-state index in [0.717, 1.165) is 4.90 Å². The van der Waals surface area contributed by atoms with Gasteiger partial charge in [0.1, 0.15) is 5.57 Å². The molecule has 0 saturated carbocycles. The third-order valence-corrected chi connectivity index (χ3v) is 6.47. The molecule has 0 radical (unpaired) electrons. The van der Waals surface area contributed by atoms with Gasteiger partial charge in [0.15, 0.2) is 12.4 Å². The van der Waals surface area contributed by atoms with Crippen molar-refractivity contribution in [3.05, 3.63) is 91.4 Å². The summed E-state index contributed by atoms with van der Waals surface area (Å²) < 4.78 is 5.49. The normalized spacial score (nSPS) is 14.5. The number of anilines is 2. The molecule has 0 spiro atoms. The molecule has 38 heavy (non-hydrogen) atoms. The number of para-hydroxylation sites is 1. The Kier molecular flexibility index (Phi) is 8.28. The van der Waals surface area contributed by atoms with Crippen LogP contribution in [-0.4, -0.2) is 30.4 Å². The highest BCUT2D eigenvalue weighted by Gasteiger charge is 2.37. The Bertz CT molecular complexity index is 1500. The topological polar surface area (TPSA) is 105 Å². The van der Waals surface area contributed by atoms with Crippen LogP contribution in [0.2, 0.25) is 20.1 Å². The number of imide groups is 2. The Hall–Kier alpha value is -3.56. The summed E-state index contributed by atoms with van der Waals surface area (Å²) in [7, 11) is 0. The van der Waals surface area contributed by atoms with Gasteiger partial charge in [-0.2, -0.15) is 0 Å². The van der Waals surface area contributed by atoms with E-state index in [4.69, 9.17) is 51.1 Å². The number of aryl methyl sites for hydroxylation is 1. The first-order chi connectivity index (χ1) is 18.0. The van der Waals surface area contributed by atoms with Crippen LogP contribution in [0.25, 0.3) is 6.08 Å². The van der Waals surface area contributed by atoms with Crippen molar-refractivity contribution in [3.8, 4) is 5.75 Å². The smallest absolute Gasteiger partial charge is 0.335 e. The van der Waals surface area contributed by atoms with Crippen LogP contribution in [0.5, 0.6) is 5.75 Å². The standard InChI is InChI=1S/C26H17Cl4N3O5/c1-13-6-7-15(27)11-21(13)33-25(36)16(24(35)32-26(33)37)8-14-9-18(29)23(19(30)10-14)38-12-22(34)31-20-5-3-2-4-17(20)28/h2-11H,12H2,1H3,(H,31,34)(H,32,35,37)/b16-8+. The molecule has 8 nitrogen and oxygen atoms in total. The Morgan fingerprint density at radius 3 is 2.34 bits per heavy atom. The molecule has 0 bridgehead atoms. The van der Waals surface area contributed by atoms with E-state index < -0.39 is 30.4 Å². The minimum Gasteiger partial charge on any atom is -0.481 e. The number of rotatable bonds is 6. The number of nitrogens with zero attached hydrogens (tertiary/aromatic N) is 1. The van der Waals surface area contributed by atoms with Crippen LogP contribution < -0.4 is 20.3 Å². The zero-order chi connectivity index (χ0) is 27.6. The fraction of sp³-hybridized carbons (Fsp3) is 0.0769. The van der Waals surface area contributed by atoms with Crippen molar-refractivity contribution < 1.29 is 23.9 Å². The number of carbonyl (C=O) groups excluding carboxylic acids is 4. The van der Waals surface area contributed by atoms with Gasteiger partial charge in [-0.05, 0) is 60.5 Å². The third-order valence-electron chi connectivity index (χ3n) is 5.34. The van der Waals surface area contributed by atoms with Gasteiger partial charge in [-0.15, -0.1) is 0 Å². The van der Waals surface area contributed by atoms with Gasteiger partial charge in [-0.1, -0.05) is 64.6 Å². The molecule has 0 aliphatic carbocycles. The Labute approximate surface area is 237 Å². The number of benzene rings is 3.